The summed E-state index contributed by atoms with van der Waals surface area (Å²) in [7, 11) is 0. The maximum absolute atomic E-state index is 13.2. The first-order valence-corrected chi connectivity index (χ1v) is 11.4. The third-order valence-electron chi connectivity index (χ3n) is 6.89. The Kier molecular flexibility index (Phi) is 5.55. The molecule has 0 aromatic heterocycles. The molecular formula is C28H26N2O3. The zero-order valence-corrected chi connectivity index (χ0v) is 18.5. The zero-order chi connectivity index (χ0) is 22.9. The minimum absolute atomic E-state index is 0.117. The van der Waals surface area contributed by atoms with E-state index in [2.05, 4.69) is 17.4 Å². The molecular weight excluding hydrogens is 412 g/mol. The molecule has 1 saturated carbocycles. The maximum atomic E-state index is 13.2. The summed E-state index contributed by atoms with van der Waals surface area (Å²) in [5, 5.41) is 2.87. The Morgan fingerprint density at radius 2 is 1.48 bits per heavy atom. The van der Waals surface area contributed by atoms with Crippen LogP contribution in [0.2, 0.25) is 0 Å². The topological polar surface area (TPSA) is 66.5 Å². The van der Waals surface area contributed by atoms with Gasteiger partial charge in [-0.3, -0.25) is 19.3 Å². The molecule has 3 aromatic rings. The number of hydrogen-bond donors (Lipinski definition) is 1. The van der Waals surface area contributed by atoms with Crippen LogP contribution in [0.15, 0.2) is 78.9 Å². The second-order valence-electron chi connectivity index (χ2n) is 9.01. The summed E-state index contributed by atoms with van der Waals surface area (Å²) >= 11 is 0. The van der Waals surface area contributed by atoms with Crippen LogP contribution in [0.5, 0.6) is 0 Å². The number of carbonyl (C=O) groups is 3. The largest absolute Gasteiger partial charge is 0.322 e. The zero-order valence-electron chi connectivity index (χ0n) is 18.5. The van der Waals surface area contributed by atoms with Crippen LogP contribution in [-0.2, 0) is 9.59 Å². The van der Waals surface area contributed by atoms with E-state index in [0.717, 1.165) is 24.1 Å². The van der Waals surface area contributed by atoms with Crippen LogP contribution < -0.4 is 10.2 Å². The number of fused-ring (bicyclic) bond motifs is 1. The number of carbonyl (C=O) groups excluding carboxylic acids is 3. The molecule has 5 nitrogen and oxygen atoms in total. The molecule has 0 radical (unpaired) electrons. The van der Waals surface area contributed by atoms with Gasteiger partial charge in [-0.2, -0.15) is 0 Å². The number of rotatable bonds is 4. The highest BCUT2D eigenvalue weighted by Crippen LogP contribution is 2.45. The van der Waals surface area contributed by atoms with E-state index in [1.54, 1.807) is 24.3 Å². The fraction of sp³-hybridized carbons (Fsp3) is 0.250. The highest BCUT2D eigenvalue weighted by Gasteiger charge is 2.50. The van der Waals surface area contributed by atoms with E-state index >= 15 is 0 Å². The number of amides is 3. The average Bonchev–Trinajstić information content (AvgIpc) is 3.10. The van der Waals surface area contributed by atoms with E-state index in [1.165, 1.54) is 10.5 Å². The number of imide groups is 1. The van der Waals surface area contributed by atoms with Crippen LogP contribution in [-0.4, -0.2) is 17.7 Å². The molecule has 1 heterocycles. The van der Waals surface area contributed by atoms with E-state index in [9.17, 15) is 14.4 Å². The van der Waals surface area contributed by atoms with Crippen LogP contribution in [0.1, 0.15) is 46.7 Å². The molecule has 1 saturated heterocycles. The highest BCUT2D eigenvalue weighted by atomic mass is 16.2. The van der Waals surface area contributed by atoms with Gasteiger partial charge >= 0.3 is 0 Å². The van der Waals surface area contributed by atoms with Crippen LogP contribution in [0, 0.1) is 18.8 Å². The molecule has 1 aliphatic heterocycles. The van der Waals surface area contributed by atoms with Gasteiger partial charge in [-0.15, -0.1) is 0 Å². The Morgan fingerprint density at radius 1 is 0.818 bits per heavy atom. The Labute approximate surface area is 193 Å². The minimum atomic E-state index is -0.277. The van der Waals surface area contributed by atoms with Crippen molar-refractivity contribution in [2.75, 3.05) is 10.2 Å². The number of hydrogen-bond acceptors (Lipinski definition) is 3. The van der Waals surface area contributed by atoms with Crippen molar-refractivity contribution in [3.8, 4) is 0 Å². The van der Waals surface area contributed by atoms with Crippen LogP contribution in [0.3, 0.4) is 0 Å². The Hall–Kier alpha value is -3.73. The summed E-state index contributed by atoms with van der Waals surface area (Å²) in [4.78, 5) is 40.2. The fourth-order valence-corrected chi connectivity index (χ4v) is 5.06. The summed E-state index contributed by atoms with van der Waals surface area (Å²) in [5.41, 5.74) is 4.07. The maximum Gasteiger partial charge on any atom is 0.255 e. The SMILES string of the molecule is Cc1ccc(NC(=O)c2ccc(N3C(=O)C4CCC(c5ccccc5)CC4C3=O)cc2)cc1. The van der Waals surface area contributed by atoms with Crippen LogP contribution in [0.25, 0.3) is 0 Å². The molecule has 3 unspecified atom stereocenters. The highest BCUT2D eigenvalue weighted by molar-refractivity contribution is 6.22. The number of benzene rings is 3. The lowest BCUT2D eigenvalue weighted by Crippen LogP contribution is -2.30. The summed E-state index contributed by atoms with van der Waals surface area (Å²) in [6.45, 7) is 1.99. The third-order valence-corrected chi connectivity index (χ3v) is 6.89. The smallest absolute Gasteiger partial charge is 0.255 e. The van der Waals surface area contributed by atoms with Crippen molar-refractivity contribution < 1.29 is 14.4 Å². The van der Waals surface area contributed by atoms with Crippen molar-refractivity contribution >= 4 is 29.1 Å². The standard InChI is InChI=1S/C28H26N2O3/c1-18-7-12-22(13-8-18)29-26(31)20-9-14-23(15-10-20)30-27(32)24-16-11-21(17-25(24)28(30)33)19-5-3-2-4-6-19/h2-10,12-15,21,24-25H,11,16-17H2,1H3,(H,29,31). The Morgan fingerprint density at radius 3 is 2.18 bits per heavy atom. The van der Waals surface area contributed by atoms with E-state index < -0.39 is 0 Å². The first kappa shape index (κ1) is 21.1. The van der Waals surface area contributed by atoms with Gasteiger partial charge in [0.15, 0.2) is 0 Å². The lowest BCUT2D eigenvalue weighted by Gasteiger charge is -2.28. The fourth-order valence-electron chi connectivity index (χ4n) is 5.06. The van der Waals surface area contributed by atoms with Gasteiger partial charge in [0, 0.05) is 11.3 Å². The molecule has 0 bridgehead atoms. The van der Waals surface area contributed by atoms with Gasteiger partial charge in [0.25, 0.3) is 5.91 Å². The minimum Gasteiger partial charge on any atom is -0.322 e. The van der Waals surface area contributed by atoms with Crippen LogP contribution >= 0.6 is 0 Å². The van der Waals surface area contributed by atoms with Gasteiger partial charge in [-0.05, 0) is 74.1 Å². The van der Waals surface area contributed by atoms with E-state index in [-0.39, 0.29) is 29.6 Å². The number of aryl methyl sites for hydroxylation is 1. The van der Waals surface area contributed by atoms with Crippen molar-refractivity contribution in [3.63, 3.8) is 0 Å². The molecule has 1 N–H and O–H groups in total. The van der Waals surface area contributed by atoms with Gasteiger partial charge in [0.05, 0.1) is 17.5 Å². The second kappa shape index (κ2) is 8.66. The molecule has 3 atom stereocenters. The van der Waals surface area contributed by atoms with Crippen molar-refractivity contribution in [2.45, 2.75) is 32.1 Å². The van der Waals surface area contributed by atoms with Gasteiger partial charge in [0.1, 0.15) is 0 Å². The number of nitrogens with one attached hydrogen (secondary N) is 1. The van der Waals surface area contributed by atoms with Gasteiger partial charge < -0.3 is 5.32 Å². The van der Waals surface area contributed by atoms with Crippen LogP contribution in [0.4, 0.5) is 11.4 Å². The molecule has 5 rings (SSSR count). The van der Waals surface area contributed by atoms with Crippen molar-refractivity contribution in [1.29, 1.82) is 0 Å². The quantitative estimate of drug-likeness (QED) is 0.561. The van der Waals surface area contributed by atoms with Crippen molar-refractivity contribution in [1.82, 2.24) is 0 Å². The molecule has 3 amide bonds. The molecule has 5 heteroatoms. The molecule has 2 aliphatic rings. The van der Waals surface area contributed by atoms with Gasteiger partial charge in [-0.1, -0.05) is 48.0 Å². The first-order chi connectivity index (χ1) is 16.0. The molecule has 33 heavy (non-hydrogen) atoms. The summed E-state index contributed by atoms with van der Waals surface area (Å²) in [6.07, 6.45) is 2.34. The predicted molar refractivity (Wildman–Crippen MR) is 128 cm³/mol. The van der Waals surface area contributed by atoms with E-state index in [1.807, 2.05) is 49.4 Å². The van der Waals surface area contributed by atoms with E-state index in [0.29, 0.717) is 23.6 Å². The van der Waals surface area contributed by atoms with Gasteiger partial charge in [-0.25, -0.2) is 0 Å². The number of nitrogens with zero attached hydrogens (tertiary/aromatic N) is 1. The van der Waals surface area contributed by atoms with E-state index in [4.69, 9.17) is 0 Å². The Bertz CT molecular complexity index is 1190. The third kappa shape index (κ3) is 4.07. The summed E-state index contributed by atoms with van der Waals surface area (Å²) < 4.78 is 0. The van der Waals surface area contributed by atoms with Crippen molar-refractivity contribution in [3.05, 3.63) is 95.6 Å². The summed E-state index contributed by atoms with van der Waals surface area (Å²) in [5.74, 6) is -0.695. The molecule has 166 valence electrons. The van der Waals surface area contributed by atoms with Gasteiger partial charge in [0.2, 0.25) is 11.8 Å². The lowest BCUT2D eigenvalue weighted by atomic mass is 9.73. The molecule has 0 spiro atoms. The first-order valence-electron chi connectivity index (χ1n) is 11.4. The average molecular weight is 439 g/mol. The molecule has 3 aromatic carbocycles. The summed E-state index contributed by atoms with van der Waals surface area (Å²) in [6, 6.07) is 24.5. The normalized spacial score (nSPS) is 22.2. The lowest BCUT2D eigenvalue weighted by molar-refractivity contribution is -0.122. The molecule has 1 aliphatic carbocycles. The Balaban J connectivity index is 1.30. The molecule has 2 fully saturated rings. The van der Waals surface area contributed by atoms with Crippen molar-refractivity contribution in [2.24, 2.45) is 11.8 Å². The monoisotopic (exact) mass is 438 g/mol. The predicted octanol–water partition coefficient (Wildman–Crippen LogP) is 5.32. The second-order valence-corrected chi connectivity index (χ2v) is 9.01. The number of anilines is 2.